The lowest BCUT2D eigenvalue weighted by molar-refractivity contribution is 0.0312. The number of hydrogen-bond donors (Lipinski definition) is 0. The third kappa shape index (κ3) is 13.6. The Kier molecular flexibility index (Phi) is 20.8. The molecule has 1 rings (SSSR count). The molecule has 40 heavy (non-hydrogen) atoms. The van der Waals surface area contributed by atoms with Gasteiger partial charge in [-0.3, -0.25) is 0 Å². The lowest BCUT2D eigenvalue weighted by Gasteiger charge is -2.23. The summed E-state index contributed by atoms with van der Waals surface area (Å²) in [6.07, 6.45) is 15.8. The molecule has 5 nitrogen and oxygen atoms in total. The van der Waals surface area contributed by atoms with E-state index in [1.165, 1.54) is 44.9 Å². The van der Waals surface area contributed by atoms with Crippen LogP contribution in [-0.4, -0.2) is 30.3 Å². The van der Waals surface area contributed by atoms with E-state index in [9.17, 15) is 9.59 Å². The smallest absolute Gasteiger partial charge is 0.340 e. The molecule has 1 aromatic rings. The summed E-state index contributed by atoms with van der Waals surface area (Å²) in [7, 11) is 0. The molecule has 1 aromatic carbocycles. The van der Waals surface area contributed by atoms with Gasteiger partial charge in [-0.1, -0.05) is 78.6 Å². The second-order valence-corrected chi connectivity index (χ2v) is 14.2. The van der Waals surface area contributed by atoms with Crippen molar-refractivity contribution in [1.29, 1.82) is 0 Å². The van der Waals surface area contributed by atoms with Gasteiger partial charge in [0.15, 0.2) is 0 Å². The second kappa shape index (κ2) is 21.8. The molecule has 0 fully saturated rings. The van der Waals surface area contributed by atoms with Crippen LogP contribution < -0.4 is 4.74 Å². The lowest BCUT2D eigenvalue weighted by Crippen LogP contribution is -2.23. The molecule has 0 aliphatic heterocycles. The highest BCUT2D eigenvalue weighted by molar-refractivity contribution is 14.1. The van der Waals surface area contributed by atoms with Crippen molar-refractivity contribution in [1.82, 2.24) is 0 Å². The van der Waals surface area contributed by atoms with Crippen molar-refractivity contribution in [3.05, 3.63) is 21.8 Å². The molecule has 0 radical (unpaired) electrons. The number of benzene rings is 1. The van der Waals surface area contributed by atoms with Crippen LogP contribution in [0.5, 0.6) is 5.75 Å². The Morgan fingerprint density at radius 2 is 0.900 bits per heavy atom. The van der Waals surface area contributed by atoms with Gasteiger partial charge in [-0.15, -0.1) is 0 Å². The fourth-order valence-electron chi connectivity index (χ4n) is 4.54. The normalized spacial score (nSPS) is 13.5. The molecule has 8 heteroatoms. The van der Waals surface area contributed by atoms with E-state index in [0.717, 1.165) is 51.4 Å². The van der Waals surface area contributed by atoms with Crippen molar-refractivity contribution in [2.75, 3.05) is 0 Å². The summed E-state index contributed by atoms with van der Waals surface area (Å²) in [4.78, 5) is 27.1. The van der Waals surface area contributed by atoms with E-state index in [-0.39, 0.29) is 18.3 Å². The van der Waals surface area contributed by atoms with E-state index in [4.69, 9.17) is 14.2 Å². The zero-order valence-corrected chi connectivity index (χ0v) is 32.0. The lowest BCUT2D eigenvalue weighted by atomic mass is 10.1. The third-order valence-electron chi connectivity index (χ3n) is 7.01. The van der Waals surface area contributed by atoms with Crippen LogP contribution in [0, 0.1) is 10.7 Å². The van der Waals surface area contributed by atoms with Crippen LogP contribution in [0.25, 0.3) is 0 Å². The summed E-state index contributed by atoms with van der Waals surface area (Å²) in [5.74, 6) is -0.236. The maximum absolute atomic E-state index is 13.5. The molecule has 0 spiro atoms. The molecule has 0 bridgehead atoms. The number of halogens is 3. The van der Waals surface area contributed by atoms with E-state index in [1.807, 2.05) is 13.8 Å². The summed E-state index contributed by atoms with van der Waals surface area (Å²) in [5, 5.41) is 0. The van der Waals surface area contributed by atoms with Gasteiger partial charge in [0.05, 0.1) is 36.6 Å². The standard InChI is InChI=1S/C32H51I3O5/c1-7-10-13-16-19-22(4)38-30-28(34)25(31(36)39-23(5)20-17-14-11-8-2)27(33)26(29(30)35)32(37)40-24(6)21-18-15-12-9-3/h22-24H,7-21H2,1-6H3. The van der Waals surface area contributed by atoms with Crippen molar-refractivity contribution in [3.63, 3.8) is 0 Å². The van der Waals surface area contributed by atoms with Gasteiger partial charge in [-0.25, -0.2) is 9.59 Å². The van der Waals surface area contributed by atoms with Crippen molar-refractivity contribution in [3.8, 4) is 5.75 Å². The zero-order valence-electron chi connectivity index (χ0n) is 25.5. The van der Waals surface area contributed by atoms with Crippen LogP contribution in [0.3, 0.4) is 0 Å². The van der Waals surface area contributed by atoms with E-state index in [1.54, 1.807) is 0 Å². The topological polar surface area (TPSA) is 61.8 Å². The largest absolute Gasteiger partial charge is 0.488 e. The quantitative estimate of drug-likeness (QED) is 0.0699. The molecular weight excluding hydrogens is 845 g/mol. The molecule has 0 N–H and O–H groups in total. The first kappa shape index (κ1) is 38.2. The second-order valence-electron chi connectivity index (χ2n) is 10.9. The number of unbranched alkanes of at least 4 members (excludes halogenated alkanes) is 9. The highest BCUT2D eigenvalue weighted by atomic mass is 127. The molecular formula is C32H51I3O5. The van der Waals surface area contributed by atoms with Gasteiger partial charge in [0, 0.05) is 3.57 Å². The summed E-state index contributed by atoms with van der Waals surface area (Å²) >= 11 is 6.48. The first-order chi connectivity index (χ1) is 19.1. The Bertz CT molecular complexity index is 846. The number of ether oxygens (including phenoxy) is 3. The van der Waals surface area contributed by atoms with Crippen LogP contribution in [0.2, 0.25) is 0 Å². The monoisotopic (exact) mass is 896 g/mol. The zero-order chi connectivity index (χ0) is 30.1. The minimum absolute atomic E-state index is 0.0401. The molecule has 0 saturated carbocycles. The molecule has 0 aliphatic rings. The third-order valence-corrected chi connectivity index (χ3v) is 10.2. The predicted molar refractivity (Wildman–Crippen MR) is 191 cm³/mol. The molecule has 0 aliphatic carbocycles. The Morgan fingerprint density at radius 3 is 1.25 bits per heavy atom. The van der Waals surface area contributed by atoms with Crippen LogP contribution in [0.4, 0.5) is 0 Å². The van der Waals surface area contributed by atoms with Gasteiger partial charge in [-0.2, -0.15) is 0 Å². The summed E-state index contributed by atoms with van der Waals surface area (Å²) in [5.41, 5.74) is 0.801. The molecule has 0 saturated heterocycles. The average Bonchev–Trinajstić information content (AvgIpc) is 2.89. The highest BCUT2D eigenvalue weighted by Crippen LogP contribution is 2.39. The van der Waals surface area contributed by atoms with Gasteiger partial charge < -0.3 is 14.2 Å². The predicted octanol–water partition coefficient (Wildman–Crippen LogP) is 11.3. The Morgan fingerprint density at radius 1 is 0.550 bits per heavy atom. The molecule has 0 amide bonds. The van der Waals surface area contributed by atoms with Crippen LogP contribution >= 0.6 is 67.8 Å². The number of hydrogen-bond acceptors (Lipinski definition) is 5. The van der Waals surface area contributed by atoms with Gasteiger partial charge in [-0.05, 0) is 127 Å². The molecule has 3 atom stereocenters. The Labute approximate surface area is 284 Å². The Balaban J connectivity index is 3.28. The van der Waals surface area contributed by atoms with Gasteiger partial charge >= 0.3 is 11.9 Å². The van der Waals surface area contributed by atoms with Gasteiger partial charge in [0.25, 0.3) is 0 Å². The fourth-order valence-corrected chi connectivity index (χ4v) is 8.84. The molecule has 0 heterocycles. The minimum atomic E-state index is -0.407. The number of carbonyl (C=O) groups is 2. The number of carbonyl (C=O) groups excluding carboxylic acids is 2. The van der Waals surface area contributed by atoms with E-state index in [0.29, 0.717) is 27.6 Å². The van der Waals surface area contributed by atoms with E-state index in [2.05, 4.69) is 95.5 Å². The summed E-state index contributed by atoms with van der Waals surface area (Å²) < 4.78 is 20.2. The van der Waals surface area contributed by atoms with Crippen LogP contribution in [0.15, 0.2) is 0 Å². The first-order valence-corrected chi connectivity index (χ1v) is 18.6. The number of esters is 2. The average molecular weight is 896 g/mol. The summed E-state index contributed by atoms with van der Waals surface area (Å²) in [6, 6.07) is 0. The fraction of sp³-hybridized carbons (Fsp3) is 0.750. The number of rotatable bonds is 21. The maximum Gasteiger partial charge on any atom is 0.340 e. The molecule has 3 unspecified atom stereocenters. The van der Waals surface area contributed by atoms with Gasteiger partial charge in [0.2, 0.25) is 0 Å². The SMILES string of the molecule is CCCCCCC(C)OC(=O)c1c(I)c(OC(C)CCCCCC)c(I)c(C(=O)OC(C)CCCCCC)c1I. The van der Waals surface area contributed by atoms with Crippen molar-refractivity contribution >= 4 is 79.7 Å². The Hall–Kier alpha value is 0.150. The van der Waals surface area contributed by atoms with E-state index >= 15 is 0 Å². The van der Waals surface area contributed by atoms with Crippen LogP contribution in [0.1, 0.15) is 159 Å². The van der Waals surface area contributed by atoms with Crippen molar-refractivity contribution in [2.24, 2.45) is 0 Å². The van der Waals surface area contributed by atoms with Gasteiger partial charge in [0.1, 0.15) is 5.75 Å². The maximum atomic E-state index is 13.5. The molecule has 230 valence electrons. The molecule has 0 aromatic heterocycles. The summed E-state index contributed by atoms with van der Waals surface area (Å²) in [6.45, 7) is 12.5. The van der Waals surface area contributed by atoms with Crippen LogP contribution in [-0.2, 0) is 9.47 Å². The van der Waals surface area contributed by atoms with Crippen molar-refractivity contribution < 1.29 is 23.8 Å². The minimum Gasteiger partial charge on any atom is -0.488 e. The van der Waals surface area contributed by atoms with E-state index < -0.39 is 11.9 Å². The first-order valence-electron chi connectivity index (χ1n) is 15.4. The highest BCUT2D eigenvalue weighted by Gasteiger charge is 2.32. The van der Waals surface area contributed by atoms with Crippen molar-refractivity contribution in [2.45, 2.75) is 156 Å².